The number of benzene rings is 1. The summed E-state index contributed by atoms with van der Waals surface area (Å²) in [7, 11) is 1.64. The van der Waals surface area contributed by atoms with Crippen molar-refractivity contribution in [3.63, 3.8) is 0 Å². The van der Waals surface area contributed by atoms with Gasteiger partial charge in [0.05, 0.1) is 13.5 Å². The number of carboxylic acid groups (broad SMARTS) is 1. The topological polar surface area (TPSA) is 46.5 Å². The Bertz CT molecular complexity index is 406. The summed E-state index contributed by atoms with van der Waals surface area (Å²) in [6.07, 6.45) is 4.38. The number of hydrogen-bond acceptors (Lipinski definition) is 2. The summed E-state index contributed by atoms with van der Waals surface area (Å²) in [6.45, 7) is 0. The van der Waals surface area contributed by atoms with Crippen LogP contribution in [0.2, 0.25) is 0 Å². The maximum Gasteiger partial charge on any atom is 0.304 e. The lowest BCUT2D eigenvalue weighted by molar-refractivity contribution is -0.138. The van der Waals surface area contributed by atoms with Crippen LogP contribution < -0.4 is 4.74 Å². The predicted octanol–water partition coefficient (Wildman–Crippen LogP) is 2.98. The molecule has 0 bridgehead atoms. The number of ether oxygens (including phenoxy) is 1. The molecule has 0 amide bonds. The summed E-state index contributed by atoms with van der Waals surface area (Å²) in [5, 5.41) is 9.10. The van der Waals surface area contributed by atoms with Gasteiger partial charge in [0.25, 0.3) is 0 Å². The van der Waals surface area contributed by atoms with Gasteiger partial charge >= 0.3 is 5.97 Å². The Labute approximate surface area is 101 Å². The first-order valence-corrected chi connectivity index (χ1v) is 6.03. The number of aliphatic carboxylic acids is 1. The maximum atomic E-state index is 11.1. The van der Waals surface area contributed by atoms with Gasteiger partial charge in [-0.1, -0.05) is 25.0 Å². The van der Waals surface area contributed by atoms with E-state index in [2.05, 4.69) is 0 Å². The lowest BCUT2D eigenvalue weighted by Crippen LogP contribution is -2.25. The first kappa shape index (κ1) is 12.0. The van der Waals surface area contributed by atoms with Crippen LogP contribution in [0.5, 0.6) is 5.75 Å². The molecule has 1 aromatic rings. The summed E-state index contributed by atoms with van der Waals surface area (Å²) in [6, 6.07) is 7.84. The summed E-state index contributed by atoms with van der Waals surface area (Å²) >= 11 is 0. The third-order valence-corrected chi connectivity index (χ3v) is 3.73. The highest BCUT2D eigenvalue weighted by molar-refractivity contribution is 5.69. The standard InChI is InChI=1S/C14H18O3/c1-17-12-6-4-5-11(9-12)14(10-13(15)16)7-2-3-8-14/h4-6,9H,2-3,7-8,10H2,1H3,(H,15,16). The number of methoxy groups -OCH3 is 1. The zero-order chi connectivity index (χ0) is 12.3. The quantitative estimate of drug-likeness (QED) is 0.871. The van der Waals surface area contributed by atoms with E-state index in [0.717, 1.165) is 37.0 Å². The van der Waals surface area contributed by atoms with Gasteiger partial charge in [-0.25, -0.2) is 0 Å². The van der Waals surface area contributed by atoms with E-state index in [9.17, 15) is 4.79 Å². The second-order valence-corrected chi connectivity index (χ2v) is 4.79. The highest BCUT2D eigenvalue weighted by atomic mass is 16.5. The van der Waals surface area contributed by atoms with Gasteiger partial charge in [0.1, 0.15) is 5.75 Å². The fourth-order valence-corrected chi connectivity index (χ4v) is 2.86. The monoisotopic (exact) mass is 234 g/mol. The Balaban J connectivity index is 2.34. The fraction of sp³-hybridized carbons (Fsp3) is 0.500. The van der Waals surface area contributed by atoms with Gasteiger partial charge in [-0.05, 0) is 30.5 Å². The molecule has 3 nitrogen and oxygen atoms in total. The fourth-order valence-electron chi connectivity index (χ4n) is 2.86. The van der Waals surface area contributed by atoms with E-state index in [1.54, 1.807) is 7.11 Å². The van der Waals surface area contributed by atoms with Gasteiger partial charge in [-0.3, -0.25) is 4.79 Å². The molecule has 0 atom stereocenters. The molecule has 92 valence electrons. The first-order valence-electron chi connectivity index (χ1n) is 6.03. The van der Waals surface area contributed by atoms with Crippen LogP contribution in [-0.2, 0) is 10.2 Å². The molecule has 1 aromatic carbocycles. The van der Waals surface area contributed by atoms with Crippen LogP contribution in [0, 0.1) is 0 Å². The SMILES string of the molecule is COc1cccc(C2(CC(=O)O)CCCC2)c1. The molecule has 3 heteroatoms. The van der Waals surface area contributed by atoms with Gasteiger partial charge < -0.3 is 9.84 Å². The van der Waals surface area contributed by atoms with Gasteiger partial charge in [-0.15, -0.1) is 0 Å². The molecule has 0 radical (unpaired) electrons. The molecule has 1 aliphatic carbocycles. The van der Waals surface area contributed by atoms with Crippen molar-refractivity contribution in [1.29, 1.82) is 0 Å². The lowest BCUT2D eigenvalue weighted by Gasteiger charge is -2.28. The van der Waals surface area contributed by atoms with Crippen LogP contribution in [0.15, 0.2) is 24.3 Å². The number of rotatable bonds is 4. The average molecular weight is 234 g/mol. The van der Waals surface area contributed by atoms with E-state index in [1.165, 1.54) is 0 Å². The highest BCUT2D eigenvalue weighted by Gasteiger charge is 2.37. The minimum atomic E-state index is -0.713. The Kier molecular flexibility index (Phi) is 3.36. The van der Waals surface area contributed by atoms with E-state index in [4.69, 9.17) is 9.84 Å². The summed E-state index contributed by atoms with van der Waals surface area (Å²) < 4.78 is 5.22. The molecule has 0 aromatic heterocycles. The largest absolute Gasteiger partial charge is 0.497 e. The molecule has 0 spiro atoms. The Morgan fingerprint density at radius 3 is 2.71 bits per heavy atom. The van der Waals surface area contributed by atoms with Crippen LogP contribution in [-0.4, -0.2) is 18.2 Å². The number of carbonyl (C=O) groups is 1. The number of hydrogen-bond donors (Lipinski definition) is 1. The maximum absolute atomic E-state index is 11.1. The molecule has 0 aliphatic heterocycles. The lowest BCUT2D eigenvalue weighted by atomic mass is 9.76. The molecular formula is C14H18O3. The Morgan fingerprint density at radius 1 is 1.41 bits per heavy atom. The van der Waals surface area contributed by atoms with E-state index in [1.807, 2.05) is 24.3 Å². The second kappa shape index (κ2) is 4.78. The van der Waals surface area contributed by atoms with Crippen molar-refractivity contribution in [2.75, 3.05) is 7.11 Å². The van der Waals surface area contributed by atoms with Crippen molar-refractivity contribution in [3.05, 3.63) is 29.8 Å². The van der Waals surface area contributed by atoms with Crippen molar-refractivity contribution >= 4 is 5.97 Å². The normalized spacial score (nSPS) is 17.9. The molecule has 1 fully saturated rings. The predicted molar refractivity (Wildman–Crippen MR) is 65.4 cm³/mol. The third kappa shape index (κ3) is 2.43. The third-order valence-electron chi connectivity index (χ3n) is 3.73. The summed E-state index contributed by atoms with van der Waals surface area (Å²) in [4.78, 5) is 11.1. The molecular weight excluding hydrogens is 216 g/mol. The molecule has 0 unspecified atom stereocenters. The summed E-state index contributed by atoms with van der Waals surface area (Å²) in [5.41, 5.74) is 0.928. The molecule has 0 heterocycles. The van der Waals surface area contributed by atoms with Gasteiger partial charge in [0, 0.05) is 5.41 Å². The van der Waals surface area contributed by atoms with Crippen molar-refractivity contribution in [2.24, 2.45) is 0 Å². The van der Waals surface area contributed by atoms with Crippen molar-refractivity contribution in [3.8, 4) is 5.75 Å². The molecule has 17 heavy (non-hydrogen) atoms. The zero-order valence-electron chi connectivity index (χ0n) is 10.1. The van der Waals surface area contributed by atoms with E-state index in [-0.39, 0.29) is 11.8 Å². The van der Waals surface area contributed by atoms with E-state index in [0.29, 0.717) is 0 Å². The first-order chi connectivity index (χ1) is 8.16. The van der Waals surface area contributed by atoms with Crippen LogP contribution in [0.4, 0.5) is 0 Å². The van der Waals surface area contributed by atoms with Crippen LogP contribution in [0.3, 0.4) is 0 Å². The van der Waals surface area contributed by atoms with Gasteiger partial charge in [-0.2, -0.15) is 0 Å². The molecule has 0 saturated heterocycles. The Hall–Kier alpha value is -1.51. The van der Waals surface area contributed by atoms with Crippen molar-refractivity contribution in [1.82, 2.24) is 0 Å². The van der Waals surface area contributed by atoms with Crippen LogP contribution >= 0.6 is 0 Å². The average Bonchev–Trinajstić information content (AvgIpc) is 2.78. The highest BCUT2D eigenvalue weighted by Crippen LogP contribution is 2.44. The van der Waals surface area contributed by atoms with E-state index < -0.39 is 5.97 Å². The summed E-state index contributed by atoms with van der Waals surface area (Å²) in [5.74, 6) is 0.0916. The smallest absolute Gasteiger partial charge is 0.304 e. The van der Waals surface area contributed by atoms with E-state index >= 15 is 0 Å². The zero-order valence-corrected chi connectivity index (χ0v) is 10.1. The molecule has 1 aliphatic rings. The second-order valence-electron chi connectivity index (χ2n) is 4.79. The van der Waals surface area contributed by atoms with Gasteiger partial charge in [0.2, 0.25) is 0 Å². The molecule has 1 N–H and O–H groups in total. The molecule has 2 rings (SSSR count). The van der Waals surface area contributed by atoms with Crippen molar-refractivity contribution in [2.45, 2.75) is 37.5 Å². The van der Waals surface area contributed by atoms with Gasteiger partial charge in [0.15, 0.2) is 0 Å². The van der Waals surface area contributed by atoms with Crippen LogP contribution in [0.25, 0.3) is 0 Å². The molecule has 1 saturated carbocycles. The minimum Gasteiger partial charge on any atom is -0.497 e. The number of carboxylic acids is 1. The minimum absolute atomic E-state index is 0.180. The van der Waals surface area contributed by atoms with Crippen molar-refractivity contribution < 1.29 is 14.6 Å². The Morgan fingerprint density at radius 2 is 2.12 bits per heavy atom. The van der Waals surface area contributed by atoms with Crippen LogP contribution in [0.1, 0.15) is 37.7 Å².